The Kier molecular flexibility index (Phi) is 8.16. The fourth-order valence-electron chi connectivity index (χ4n) is 4.56. The number of nitrogens with one attached hydrogen (secondary N) is 1. The predicted octanol–water partition coefficient (Wildman–Crippen LogP) is 5.67. The van der Waals surface area contributed by atoms with E-state index in [2.05, 4.69) is 5.32 Å². The lowest BCUT2D eigenvalue weighted by Gasteiger charge is -2.07. The van der Waals surface area contributed by atoms with Crippen LogP contribution in [-0.2, 0) is 11.8 Å². The minimum atomic E-state index is -0.690. The largest absolute Gasteiger partial charge is 0.494 e. The zero-order chi connectivity index (χ0) is 29.6. The van der Waals surface area contributed by atoms with Gasteiger partial charge >= 0.3 is 0 Å². The molecule has 9 heteroatoms. The van der Waals surface area contributed by atoms with Crippen LogP contribution in [0.4, 0.5) is 5.69 Å². The summed E-state index contributed by atoms with van der Waals surface area (Å²) >= 11 is 0. The molecule has 2 heterocycles. The number of benzene rings is 3. The maximum absolute atomic E-state index is 13.4. The van der Waals surface area contributed by atoms with Gasteiger partial charge in [-0.15, -0.1) is 0 Å². The number of amides is 1. The van der Waals surface area contributed by atoms with E-state index in [9.17, 15) is 14.9 Å². The Labute approximate surface area is 243 Å². The van der Waals surface area contributed by atoms with Gasteiger partial charge in [-0.1, -0.05) is 43.3 Å². The standard InChI is InChI=1S/C33H30N6O3/c1-4-19-42-29-17-15-24(16-18-29)31-26(22-38(36-31)27-11-7-5-8-12-27)20-25(21-34)32(40)35-30-23(2)37(3)39(33(30)41)28-13-9-6-10-14-28/h5-18,20,22H,4,19H2,1-3H3,(H,35,40). The van der Waals surface area contributed by atoms with Gasteiger partial charge in [-0.2, -0.15) is 10.4 Å². The molecule has 0 aliphatic carbocycles. The van der Waals surface area contributed by atoms with E-state index in [1.54, 1.807) is 41.7 Å². The maximum Gasteiger partial charge on any atom is 0.295 e. The molecular weight excluding hydrogens is 528 g/mol. The zero-order valence-electron chi connectivity index (χ0n) is 23.6. The van der Waals surface area contributed by atoms with Crippen molar-refractivity contribution < 1.29 is 9.53 Å². The molecule has 0 aliphatic heterocycles. The smallest absolute Gasteiger partial charge is 0.295 e. The monoisotopic (exact) mass is 558 g/mol. The molecule has 0 saturated carbocycles. The highest BCUT2D eigenvalue weighted by Crippen LogP contribution is 2.28. The van der Waals surface area contributed by atoms with E-state index in [0.717, 1.165) is 23.4 Å². The Morgan fingerprint density at radius 3 is 2.26 bits per heavy atom. The lowest BCUT2D eigenvalue weighted by Crippen LogP contribution is -2.23. The normalized spacial score (nSPS) is 11.2. The van der Waals surface area contributed by atoms with E-state index >= 15 is 0 Å². The lowest BCUT2D eigenvalue weighted by molar-refractivity contribution is -0.112. The molecule has 0 bridgehead atoms. The van der Waals surface area contributed by atoms with E-state index in [4.69, 9.17) is 9.84 Å². The molecule has 9 nitrogen and oxygen atoms in total. The number of nitriles is 1. The molecule has 0 radical (unpaired) electrons. The molecule has 3 aromatic carbocycles. The Hall–Kier alpha value is -5.62. The first kappa shape index (κ1) is 27.9. The van der Waals surface area contributed by atoms with Gasteiger partial charge in [0.2, 0.25) is 0 Å². The van der Waals surface area contributed by atoms with Crippen molar-refractivity contribution in [2.45, 2.75) is 20.3 Å². The van der Waals surface area contributed by atoms with Crippen molar-refractivity contribution in [1.82, 2.24) is 19.1 Å². The first-order valence-electron chi connectivity index (χ1n) is 13.6. The van der Waals surface area contributed by atoms with Gasteiger partial charge in [-0.25, -0.2) is 9.36 Å². The van der Waals surface area contributed by atoms with Crippen LogP contribution in [0.25, 0.3) is 28.7 Å². The van der Waals surface area contributed by atoms with Gasteiger partial charge in [-0.05, 0) is 68.0 Å². The fourth-order valence-corrected chi connectivity index (χ4v) is 4.56. The van der Waals surface area contributed by atoms with Crippen LogP contribution >= 0.6 is 0 Å². The molecule has 2 aromatic heterocycles. The second-order valence-electron chi connectivity index (χ2n) is 9.65. The van der Waals surface area contributed by atoms with Crippen LogP contribution in [0.2, 0.25) is 0 Å². The number of nitrogens with zero attached hydrogens (tertiary/aromatic N) is 5. The highest BCUT2D eigenvalue weighted by Gasteiger charge is 2.21. The second kappa shape index (κ2) is 12.3. The lowest BCUT2D eigenvalue weighted by atomic mass is 10.1. The first-order chi connectivity index (χ1) is 20.4. The Balaban J connectivity index is 1.52. The van der Waals surface area contributed by atoms with Gasteiger partial charge in [0.05, 0.1) is 29.4 Å². The van der Waals surface area contributed by atoms with E-state index < -0.39 is 11.5 Å². The van der Waals surface area contributed by atoms with Crippen LogP contribution in [0.3, 0.4) is 0 Å². The topological polar surface area (TPSA) is 107 Å². The van der Waals surface area contributed by atoms with Crippen LogP contribution in [0.5, 0.6) is 5.75 Å². The van der Waals surface area contributed by atoms with E-state index in [0.29, 0.717) is 29.2 Å². The number of rotatable bonds is 9. The van der Waals surface area contributed by atoms with Crippen molar-refractivity contribution in [1.29, 1.82) is 5.26 Å². The summed E-state index contributed by atoms with van der Waals surface area (Å²) in [6.45, 7) is 4.40. The summed E-state index contributed by atoms with van der Waals surface area (Å²) < 4.78 is 10.6. The summed E-state index contributed by atoms with van der Waals surface area (Å²) in [7, 11) is 1.74. The van der Waals surface area contributed by atoms with Crippen molar-refractivity contribution in [3.05, 3.63) is 118 Å². The van der Waals surface area contributed by atoms with Crippen molar-refractivity contribution in [3.8, 4) is 34.5 Å². The predicted molar refractivity (Wildman–Crippen MR) is 163 cm³/mol. The minimum Gasteiger partial charge on any atom is -0.494 e. The van der Waals surface area contributed by atoms with Crippen molar-refractivity contribution in [3.63, 3.8) is 0 Å². The number of carbonyl (C=O) groups is 1. The molecule has 1 N–H and O–H groups in total. The Morgan fingerprint density at radius 2 is 1.64 bits per heavy atom. The second-order valence-corrected chi connectivity index (χ2v) is 9.65. The van der Waals surface area contributed by atoms with E-state index in [-0.39, 0.29) is 11.3 Å². The van der Waals surface area contributed by atoms with Gasteiger partial charge in [0, 0.05) is 24.4 Å². The average Bonchev–Trinajstić information content (AvgIpc) is 3.54. The van der Waals surface area contributed by atoms with Gasteiger partial charge in [0.15, 0.2) is 0 Å². The molecule has 5 rings (SSSR count). The highest BCUT2D eigenvalue weighted by atomic mass is 16.5. The molecule has 0 spiro atoms. The third-order valence-electron chi connectivity index (χ3n) is 6.82. The number of para-hydroxylation sites is 2. The summed E-state index contributed by atoms with van der Waals surface area (Å²) in [5.41, 5.74) is 3.54. The van der Waals surface area contributed by atoms with Crippen LogP contribution in [0, 0.1) is 18.3 Å². The van der Waals surface area contributed by atoms with E-state index in [1.807, 2.05) is 85.8 Å². The summed E-state index contributed by atoms with van der Waals surface area (Å²) in [5, 5.41) is 17.5. The number of hydrogen-bond donors (Lipinski definition) is 1. The molecule has 210 valence electrons. The third kappa shape index (κ3) is 5.64. The molecule has 5 aromatic rings. The summed E-state index contributed by atoms with van der Waals surface area (Å²) in [6, 6.07) is 28.2. The zero-order valence-corrected chi connectivity index (χ0v) is 23.6. The van der Waals surface area contributed by atoms with Crippen LogP contribution in [0.15, 0.2) is 101 Å². The molecule has 0 atom stereocenters. The average molecular weight is 559 g/mol. The molecule has 0 saturated heterocycles. The molecule has 0 unspecified atom stereocenters. The molecule has 1 amide bonds. The van der Waals surface area contributed by atoms with Gasteiger partial charge in [0.25, 0.3) is 11.5 Å². The number of carbonyl (C=O) groups excluding carboxylic acids is 1. The minimum absolute atomic E-state index is 0.107. The highest BCUT2D eigenvalue weighted by molar-refractivity contribution is 6.10. The SMILES string of the molecule is CCCOc1ccc(-c2nn(-c3ccccc3)cc2C=C(C#N)C(=O)Nc2c(C)n(C)n(-c3ccccc3)c2=O)cc1. The summed E-state index contributed by atoms with van der Waals surface area (Å²) in [5.74, 6) is 0.0573. The van der Waals surface area contributed by atoms with Gasteiger partial charge < -0.3 is 10.1 Å². The number of anilines is 1. The van der Waals surface area contributed by atoms with Gasteiger partial charge in [0.1, 0.15) is 23.1 Å². The first-order valence-corrected chi connectivity index (χ1v) is 13.6. The van der Waals surface area contributed by atoms with Crippen LogP contribution < -0.4 is 15.6 Å². The third-order valence-corrected chi connectivity index (χ3v) is 6.82. The quantitative estimate of drug-likeness (QED) is 0.185. The van der Waals surface area contributed by atoms with Crippen LogP contribution in [0.1, 0.15) is 24.6 Å². The number of ether oxygens (including phenoxy) is 1. The number of aromatic nitrogens is 4. The van der Waals surface area contributed by atoms with E-state index in [1.165, 1.54) is 10.8 Å². The van der Waals surface area contributed by atoms with Crippen LogP contribution in [-0.4, -0.2) is 31.7 Å². The molecule has 0 aliphatic rings. The molecule has 42 heavy (non-hydrogen) atoms. The maximum atomic E-state index is 13.4. The van der Waals surface area contributed by atoms with Crippen molar-refractivity contribution in [2.75, 3.05) is 11.9 Å². The Bertz CT molecular complexity index is 1840. The van der Waals surface area contributed by atoms with Crippen molar-refractivity contribution >= 4 is 17.7 Å². The Morgan fingerprint density at radius 1 is 1.00 bits per heavy atom. The summed E-state index contributed by atoms with van der Waals surface area (Å²) in [4.78, 5) is 26.7. The molecule has 0 fully saturated rings. The number of hydrogen-bond acceptors (Lipinski definition) is 5. The van der Waals surface area contributed by atoms with Crippen molar-refractivity contribution in [2.24, 2.45) is 7.05 Å². The fraction of sp³-hybridized carbons (Fsp3) is 0.152. The summed E-state index contributed by atoms with van der Waals surface area (Å²) in [6.07, 6.45) is 4.17. The van der Waals surface area contributed by atoms with Gasteiger partial charge in [-0.3, -0.25) is 14.3 Å². The molecular formula is C33H30N6O3.